The van der Waals surface area contributed by atoms with Gasteiger partial charge in [0, 0.05) is 13.7 Å². The third kappa shape index (κ3) is 14.3. The summed E-state index contributed by atoms with van der Waals surface area (Å²) in [7, 11) is 1.45. The van der Waals surface area contributed by atoms with E-state index in [0.29, 0.717) is 6.61 Å². The number of carbonyl (C=O) groups excluding carboxylic acids is 3. The number of carbonyl (C=O) groups is 3. The van der Waals surface area contributed by atoms with Crippen LogP contribution in [0, 0.1) is 0 Å². The lowest BCUT2D eigenvalue weighted by molar-refractivity contribution is -0.217. The van der Waals surface area contributed by atoms with Gasteiger partial charge in [0.05, 0.1) is 46.2 Å². The van der Waals surface area contributed by atoms with Crippen LogP contribution in [0.5, 0.6) is 0 Å². The van der Waals surface area contributed by atoms with Crippen molar-refractivity contribution >= 4 is 24.9 Å². The van der Waals surface area contributed by atoms with Crippen molar-refractivity contribution in [1.29, 1.82) is 0 Å². The molecule has 0 atom stereocenters. The largest absolute Gasteiger partial charge is 0.720 e. The first-order valence-electron chi connectivity index (χ1n) is 9.34. The first kappa shape index (κ1) is 33.6. The van der Waals surface area contributed by atoms with Crippen molar-refractivity contribution in [2.45, 2.75) is 18.5 Å². The molecule has 0 aromatic rings. The van der Waals surface area contributed by atoms with Gasteiger partial charge in [0.25, 0.3) is 0 Å². The van der Waals surface area contributed by atoms with E-state index < -0.39 is 56.6 Å². The van der Waals surface area contributed by atoms with Gasteiger partial charge in [-0.25, -0.2) is 14.4 Å². The fourth-order valence-corrected chi connectivity index (χ4v) is 1.70. The molecule has 0 unspecified atom stereocenters. The molecule has 0 aliphatic carbocycles. The van der Waals surface area contributed by atoms with Crippen molar-refractivity contribution in [3.8, 4) is 0 Å². The molecule has 0 saturated heterocycles. The fraction of sp³-hybridized carbons (Fsp3) is 0.800. The second kappa shape index (κ2) is 15.0. The van der Waals surface area contributed by atoms with Crippen LogP contribution in [0.15, 0.2) is 0 Å². The van der Waals surface area contributed by atoms with E-state index in [1.54, 1.807) is 0 Å². The Kier molecular flexibility index (Phi) is 14.0. The molecule has 0 spiro atoms. The summed E-state index contributed by atoms with van der Waals surface area (Å²) in [6, 6.07) is 0. The summed E-state index contributed by atoms with van der Waals surface area (Å²) in [6.07, 6.45) is -18.1. The van der Waals surface area contributed by atoms with Gasteiger partial charge in [-0.2, -0.15) is 39.5 Å². The Bertz CT molecular complexity index is 629. The summed E-state index contributed by atoms with van der Waals surface area (Å²) in [5, 5.41) is 0. The predicted octanol–water partition coefficient (Wildman–Crippen LogP) is 1.45. The molecule has 11 nitrogen and oxygen atoms in total. The normalized spacial score (nSPS) is 12.8. The van der Waals surface area contributed by atoms with E-state index in [1.807, 2.05) is 0 Å². The van der Waals surface area contributed by atoms with Crippen molar-refractivity contribution < 1.29 is 91.5 Å². The van der Waals surface area contributed by atoms with Crippen molar-refractivity contribution in [3.05, 3.63) is 0 Å². The predicted molar refractivity (Wildman–Crippen MR) is 92.5 cm³/mol. The molecule has 0 aliphatic heterocycles. The fourth-order valence-electron chi connectivity index (χ4n) is 1.70. The Morgan fingerprint density at radius 1 is 0.528 bits per heavy atom. The molecule has 0 aliphatic rings. The first-order chi connectivity index (χ1) is 16.4. The maximum Gasteiger partial charge on any atom is 0.720 e. The number of rotatable bonds is 16. The Hall–Kier alpha value is -2.36. The van der Waals surface area contributed by atoms with Gasteiger partial charge in [-0.3, -0.25) is 0 Å². The quantitative estimate of drug-likeness (QED) is 0.156. The van der Waals surface area contributed by atoms with E-state index in [-0.39, 0.29) is 33.0 Å². The molecule has 0 aromatic carbocycles. The molecule has 0 radical (unpaired) electrons. The highest BCUT2D eigenvalue weighted by molar-refractivity contribution is 6.59. The first-order valence-corrected chi connectivity index (χ1v) is 9.34. The molecule has 0 fully saturated rings. The van der Waals surface area contributed by atoms with Crippen molar-refractivity contribution in [2.75, 3.05) is 60.0 Å². The third-order valence-electron chi connectivity index (χ3n) is 3.17. The number of hydrogen-bond acceptors (Lipinski definition) is 11. The Morgan fingerprint density at radius 3 is 1.08 bits per heavy atom. The standard InChI is InChI=1S/C15H19BF9O11/c1-29-2-3-30-4-5-31-6-7-32-8-9-33-16(34-10(26)13(17,18)19,35-11(27)14(20,21)22)36-12(28)15(23,24)25/h2-9H2,1H3/q-1. The second-order valence-electron chi connectivity index (χ2n) is 5.99. The van der Waals surface area contributed by atoms with Crippen LogP contribution in [0.3, 0.4) is 0 Å². The maximum atomic E-state index is 12.5. The molecule has 0 saturated carbocycles. The minimum atomic E-state index is -6.05. The molecular formula is C15H19BF9O11-. The van der Waals surface area contributed by atoms with Crippen molar-refractivity contribution in [1.82, 2.24) is 0 Å². The van der Waals surface area contributed by atoms with E-state index >= 15 is 0 Å². The zero-order chi connectivity index (χ0) is 28.0. The van der Waals surface area contributed by atoms with Crippen LogP contribution in [-0.2, 0) is 51.9 Å². The topological polar surface area (TPSA) is 125 Å². The van der Waals surface area contributed by atoms with Gasteiger partial charge < -0.3 is 37.6 Å². The molecule has 0 bridgehead atoms. The molecule has 36 heavy (non-hydrogen) atoms. The van der Waals surface area contributed by atoms with Crippen LogP contribution < -0.4 is 0 Å². The number of methoxy groups -OCH3 is 1. The van der Waals surface area contributed by atoms with E-state index in [4.69, 9.17) is 18.9 Å². The minimum absolute atomic E-state index is 0.0873. The van der Waals surface area contributed by atoms with Gasteiger partial charge in [0.2, 0.25) is 0 Å². The lowest BCUT2D eigenvalue weighted by Crippen LogP contribution is -2.58. The smallest absolute Gasteiger partial charge is 0.590 e. The molecule has 0 heterocycles. The van der Waals surface area contributed by atoms with E-state index in [9.17, 15) is 53.9 Å². The Morgan fingerprint density at radius 2 is 0.806 bits per heavy atom. The highest BCUT2D eigenvalue weighted by Crippen LogP contribution is 2.28. The van der Waals surface area contributed by atoms with Crippen LogP contribution in [0.1, 0.15) is 0 Å². The van der Waals surface area contributed by atoms with Crippen LogP contribution in [0.2, 0.25) is 0 Å². The molecular weight excluding hydrogens is 538 g/mol. The van der Waals surface area contributed by atoms with Gasteiger partial charge in [-0.1, -0.05) is 0 Å². The summed E-state index contributed by atoms with van der Waals surface area (Å²) in [4.78, 5) is 33.1. The van der Waals surface area contributed by atoms with Gasteiger partial charge >= 0.3 is 43.4 Å². The van der Waals surface area contributed by atoms with Crippen LogP contribution in [0.4, 0.5) is 39.5 Å². The highest BCUT2D eigenvalue weighted by Gasteiger charge is 2.56. The summed E-state index contributed by atoms with van der Waals surface area (Å²) in [5.41, 5.74) is 0. The molecule has 0 aromatic heterocycles. The summed E-state index contributed by atoms with van der Waals surface area (Å²) >= 11 is 0. The second-order valence-corrected chi connectivity index (χ2v) is 5.99. The molecule has 21 heteroatoms. The van der Waals surface area contributed by atoms with E-state index in [1.165, 1.54) is 7.11 Å². The maximum absolute atomic E-state index is 12.5. The van der Waals surface area contributed by atoms with Gasteiger partial charge in [-0.15, -0.1) is 0 Å². The van der Waals surface area contributed by atoms with Crippen LogP contribution >= 0.6 is 0 Å². The average molecular weight is 557 g/mol. The third-order valence-corrected chi connectivity index (χ3v) is 3.17. The summed E-state index contributed by atoms with van der Waals surface area (Å²) in [5.74, 6) is -10.5. The Labute approximate surface area is 196 Å². The molecule has 0 rings (SSSR count). The lowest BCUT2D eigenvalue weighted by Gasteiger charge is -2.39. The number of ether oxygens (including phenoxy) is 4. The van der Waals surface area contributed by atoms with Crippen molar-refractivity contribution in [2.24, 2.45) is 0 Å². The summed E-state index contributed by atoms with van der Waals surface area (Å²) in [6.45, 7) is -7.36. The lowest BCUT2D eigenvalue weighted by atomic mass is 10.0. The van der Waals surface area contributed by atoms with Crippen LogP contribution in [0.25, 0.3) is 0 Å². The Balaban J connectivity index is 5.20. The monoisotopic (exact) mass is 557 g/mol. The number of hydrogen-bond donors (Lipinski definition) is 0. The average Bonchev–Trinajstić information content (AvgIpc) is 2.72. The zero-order valence-electron chi connectivity index (χ0n) is 18.1. The van der Waals surface area contributed by atoms with Crippen molar-refractivity contribution in [3.63, 3.8) is 0 Å². The van der Waals surface area contributed by atoms with E-state index in [0.717, 1.165) is 0 Å². The van der Waals surface area contributed by atoms with E-state index in [2.05, 4.69) is 18.6 Å². The number of halogens is 9. The van der Waals surface area contributed by atoms with Crippen LogP contribution in [-0.4, -0.2) is 103 Å². The highest BCUT2D eigenvalue weighted by atomic mass is 19.4. The van der Waals surface area contributed by atoms with Gasteiger partial charge in [0.1, 0.15) is 0 Å². The van der Waals surface area contributed by atoms with Gasteiger partial charge in [0.15, 0.2) is 0 Å². The van der Waals surface area contributed by atoms with Gasteiger partial charge in [-0.05, 0) is 0 Å². The summed E-state index contributed by atoms with van der Waals surface area (Å²) < 4.78 is 146. The number of alkyl halides is 9. The minimum Gasteiger partial charge on any atom is -0.590 e. The molecule has 212 valence electrons. The SMILES string of the molecule is COCCOCCOCCOCCO[B-](OC(=O)C(F)(F)F)(OC(=O)C(F)(F)F)OC(=O)C(F)(F)F. The zero-order valence-corrected chi connectivity index (χ0v) is 18.1. The molecule has 0 amide bonds. The molecule has 0 N–H and O–H groups in total.